The molecule has 3 rings (SSSR count). The summed E-state index contributed by atoms with van der Waals surface area (Å²) in [6.45, 7) is 8.94. The zero-order valence-electron chi connectivity index (χ0n) is 14.7. The molecule has 2 aliphatic heterocycles. The zero-order valence-corrected chi connectivity index (χ0v) is 14.7. The van der Waals surface area contributed by atoms with E-state index in [1.165, 1.54) is 6.07 Å². The number of hydrogen-bond donors (Lipinski definition) is 2. The lowest BCUT2D eigenvalue weighted by Crippen LogP contribution is -2.61. The number of morpholine rings is 1. The van der Waals surface area contributed by atoms with Crippen molar-refractivity contribution in [3.8, 4) is 0 Å². The largest absolute Gasteiger partial charge is 0.374 e. The highest BCUT2D eigenvalue weighted by Crippen LogP contribution is 2.28. The zero-order chi connectivity index (χ0) is 17.5. The van der Waals surface area contributed by atoms with Gasteiger partial charge < -0.3 is 9.64 Å². The predicted octanol–water partition coefficient (Wildman–Crippen LogP) is 2.07. The Morgan fingerprint density at radius 1 is 1.38 bits per heavy atom. The van der Waals surface area contributed by atoms with Crippen LogP contribution in [-0.4, -0.2) is 41.6 Å². The first-order valence-electron chi connectivity index (χ1n) is 8.48. The van der Waals surface area contributed by atoms with E-state index in [9.17, 15) is 9.18 Å². The van der Waals surface area contributed by atoms with E-state index in [1.807, 2.05) is 31.7 Å². The lowest BCUT2D eigenvalue weighted by atomic mass is 9.96. The van der Waals surface area contributed by atoms with Gasteiger partial charge in [-0.3, -0.25) is 4.79 Å². The van der Waals surface area contributed by atoms with Crippen molar-refractivity contribution in [2.45, 2.75) is 57.8 Å². The van der Waals surface area contributed by atoms with Crippen LogP contribution in [0, 0.1) is 12.7 Å². The van der Waals surface area contributed by atoms with Crippen molar-refractivity contribution < 1.29 is 13.9 Å². The summed E-state index contributed by atoms with van der Waals surface area (Å²) in [4.78, 5) is 14.9. The van der Waals surface area contributed by atoms with Crippen LogP contribution in [-0.2, 0) is 9.53 Å². The first-order chi connectivity index (χ1) is 11.3. The molecular weight excluding hydrogens is 309 g/mol. The van der Waals surface area contributed by atoms with Crippen molar-refractivity contribution in [3.63, 3.8) is 0 Å². The Bertz CT molecular complexity index is 635. The third-order valence-corrected chi connectivity index (χ3v) is 4.94. The van der Waals surface area contributed by atoms with E-state index in [4.69, 9.17) is 4.74 Å². The molecule has 2 aliphatic rings. The summed E-state index contributed by atoms with van der Waals surface area (Å²) in [6, 6.07) is 4.80. The van der Waals surface area contributed by atoms with E-state index in [0.717, 1.165) is 5.56 Å². The fourth-order valence-corrected chi connectivity index (χ4v) is 3.38. The number of aryl methyl sites for hydroxylation is 1. The lowest BCUT2D eigenvalue weighted by Gasteiger charge is -2.45. The topological polar surface area (TPSA) is 53.6 Å². The molecule has 6 heteroatoms. The third kappa shape index (κ3) is 3.31. The van der Waals surface area contributed by atoms with Gasteiger partial charge >= 0.3 is 0 Å². The molecule has 1 aromatic carbocycles. The summed E-state index contributed by atoms with van der Waals surface area (Å²) in [6.07, 6.45) is 0.693. The minimum Gasteiger partial charge on any atom is -0.374 e. The van der Waals surface area contributed by atoms with Crippen LogP contribution >= 0.6 is 0 Å². The van der Waals surface area contributed by atoms with Gasteiger partial charge in [0.2, 0.25) is 5.91 Å². The SMILES string of the molecule is Cc1cc(C2CC(C(=O)N3CC(C)OCC3(C)C)NN2)ccc1F. The molecule has 24 heavy (non-hydrogen) atoms. The molecule has 2 fully saturated rings. The highest BCUT2D eigenvalue weighted by Gasteiger charge is 2.41. The van der Waals surface area contributed by atoms with E-state index in [-0.39, 0.29) is 35.5 Å². The molecular formula is C18H26FN3O2. The van der Waals surface area contributed by atoms with Crippen molar-refractivity contribution in [2.75, 3.05) is 13.2 Å². The summed E-state index contributed by atoms with van der Waals surface area (Å²) in [5, 5.41) is 0. The normalized spacial score (nSPS) is 29.7. The number of hydrazine groups is 1. The number of halogens is 1. The highest BCUT2D eigenvalue weighted by atomic mass is 19.1. The molecule has 132 valence electrons. The molecule has 0 radical (unpaired) electrons. The van der Waals surface area contributed by atoms with Gasteiger partial charge in [-0.05, 0) is 51.3 Å². The van der Waals surface area contributed by atoms with Crippen LogP contribution in [0.15, 0.2) is 18.2 Å². The van der Waals surface area contributed by atoms with Gasteiger partial charge in [0, 0.05) is 12.6 Å². The number of amides is 1. The van der Waals surface area contributed by atoms with Gasteiger partial charge in [0.1, 0.15) is 11.9 Å². The minimum absolute atomic E-state index is 0.000161. The first kappa shape index (κ1) is 17.3. The number of hydrogen-bond acceptors (Lipinski definition) is 4. The first-order valence-corrected chi connectivity index (χ1v) is 8.48. The van der Waals surface area contributed by atoms with Crippen LogP contribution in [0.25, 0.3) is 0 Å². The molecule has 0 saturated carbocycles. The molecule has 2 N–H and O–H groups in total. The van der Waals surface area contributed by atoms with Crippen LogP contribution in [0.4, 0.5) is 4.39 Å². The Labute approximate surface area is 142 Å². The van der Waals surface area contributed by atoms with Gasteiger partial charge in [0.25, 0.3) is 0 Å². The van der Waals surface area contributed by atoms with Crippen LogP contribution in [0.2, 0.25) is 0 Å². The quantitative estimate of drug-likeness (QED) is 0.869. The van der Waals surface area contributed by atoms with Crippen molar-refractivity contribution in [3.05, 3.63) is 35.1 Å². The van der Waals surface area contributed by atoms with Gasteiger partial charge in [-0.25, -0.2) is 15.2 Å². The Kier molecular flexibility index (Phi) is 4.64. The minimum atomic E-state index is -0.310. The number of nitrogens with one attached hydrogen (secondary N) is 2. The van der Waals surface area contributed by atoms with Gasteiger partial charge in [-0.2, -0.15) is 0 Å². The maximum atomic E-state index is 13.4. The molecule has 1 aromatic rings. The average Bonchev–Trinajstić information content (AvgIpc) is 3.02. The summed E-state index contributed by atoms with van der Waals surface area (Å²) < 4.78 is 19.1. The summed E-state index contributed by atoms with van der Waals surface area (Å²) in [5.41, 5.74) is 7.59. The Morgan fingerprint density at radius 3 is 2.83 bits per heavy atom. The fraction of sp³-hybridized carbons (Fsp3) is 0.611. The Balaban J connectivity index is 1.70. The second kappa shape index (κ2) is 6.43. The second-order valence-corrected chi connectivity index (χ2v) is 7.52. The van der Waals surface area contributed by atoms with Crippen LogP contribution in [0.3, 0.4) is 0 Å². The van der Waals surface area contributed by atoms with Crippen LogP contribution < -0.4 is 10.9 Å². The van der Waals surface area contributed by atoms with Gasteiger partial charge in [0.05, 0.1) is 18.2 Å². The molecule has 0 bridgehead atoms. The molecule has 0 aliphatic carbocycles. The van der Waals surface area contributed by atoms with E-state index in [2.05, 4.69) is 10.9 Å². The number of nitrogens with zero attached hydrogens (tertiary/aromatic N) is 1. The number of carbonyl (C=O) groups excluding carboxylic acids is 1. The van der Waals surface area contributed by atoms with Crippen molar-refractivity contribution in [1.29, 1.82) is 0 Å². The average molecular weight is 335 g/mol. The molecule has 3 unspecified atom stereocenters. The van der Waals surface area contributed by atoms with E-state index < -0.39 is 0 Å². The van der Waals surface area contributed by atoms with Crippen LogP contribution in [0.1, 0.15) is 44.4 Å². The fourth-order valence-electron chi connectivity index (χ4n) is 3.38. The smallest absolute Gasteiger partial charge is 0.241 e. The summed E-state index contributed by atoms with van der Waals surface area (Å²) >= 11 is 0. The van der Waals surface area contributed by atoms with E-state index >= 15 is 0 Å². The lowest BCUT2D eigenvalue weighted by molar-refractivity contribution is -0.154. The molecule has 2 heterocycles. The summed E-state index contributed by atoms with van der Waals surface area (Å²) in [5.74, 6) is -0.120. The molecule has 0 spiro atoms. The third-order valence-electron chi connectivity index (χ3n) is 4.94. The molecule has 3 atom stereocenters. The number of carbonyl (C=O) groups is 1. The summed E-state index contributed by atoms with van der Waals surface area (Å²) in [7, 11) is 0. The van der Waals surface area contributed by atoms with Crippen molar-refractivity contribution in [1.82, 2.24) is 15.8 Å². The van der Waals surface area contributed by atoms with Gasteiger partial charge in [0.15, 0.2) is 0 Å². The monoisotopic (exact) mass is 335 g/mol. The molecule has 5 nitrogen and oxygen atoms in total. The number of rotatable bonds is 2. The van der Waals surface area contributed by atoms with E-state index in [0.29, 0.717) is 25.1 Å². The maximum absolute atomic E-state index is 13.4. The molecule has 2 saturated heterocycles. The number of ether oxygens (including phenoxy) is 1. The molecule has 0 aromatic heterocycles. The Hall–Kier alpha value is -1.50. The predicted molar refractivity (Wildman–Crippen MR) is 89.8 cm³/mol. The maximum Gasteiger partial charge on any atom is 0.241 e. The Morgan fingerprint density at radius 2 is 2.12 bits per heavy atom. The van der Waals surface area contributed by atoms with Gasteiger partial charge in [-0.15, -0.1) is 0 Å². The highest BCUT2D eigenvalue weighted by molar-refractivity contribution is 5.83. The van der Waals surface area contributed by atoms with Crippen molar-refractivity contribution in [2.24, 2.45) is 0 Å². The van der Waals surface area contributed by atoms with Crippen LogP contribution in [0.5, 0.6) is 0 Å². The molecule has 1 amide bonds. The van der Waals surface area contributed by atoms with E-state index in [1.54, 1.807) is 13.0 Å². The van der Waals surface area contributed by atoms with Crippen molar-refractivity contribution >= 4 is 5.91 Å². The number of benzene rings is 1. The second-order valence-electron chi connectivity index (χ2n) is 7.52. The van der Waals surface area contributed by atoms with Gasteiger partial charge in [-0.1, -0.05) is 12.1 Å². The standard InChI is InChI=1S/C18H26FN3O2/c1-11-7-13(5-6-14(11)19)15-8-16(21-20-15)17(23)22-9-12(2)24-10-18(22,3)4/h5-7,12,15-16,20-21H,8-10H2,1-4H3.